The van der Waals surface area contributed by atoms with Gasteiger partial charge in [0.2, 0.25) is 5.95 Å². The van der Waals surface area contributed by atoms with E-state index in [-0.39, 0.29) is 17.1 Å². The number of hydrogen-bond acceptors (Lipinski definition) is 5. The van der Waals surface area contributed by atoms with E-state index in [1.165, 1.54) is 10.1 Å². The summed E-state index contributed by atoms with van der Waals surface area (Å²) in [6.45, 7) is 0.674. The minimum Gasteiger partial charge on any atom is -0.476 e. The van der Waals surface area contributed by atoms with Gasteiger partial charge in [-0.15, -0.1) is 5.10 Å². The normalized spacial score (nSPS) is 15.3. The fraction of sp³-hybridized carbons (Fsp3) is 0.235. The van der Waals surface area contributed by atoms with Gasteiger partial charge in [0.05, 0.1) is 5.69 Å². The first-order chi connectivity index (χ1) is 11.6. The molecule has 3 aromatic rings. The number of nitrogens with zero attached hydrogens (tertiary/aromatic N) is 3. The first kappa shape index (κ1) is 14.5. The Morgan fingerprint density at radius 2 is 2.00 bits per heavy atom. The second-order valence-corrected chi connectivity index (χ2v) is 6.14. The first-order valence-corrected chi connectivity index (χ1v) is 7.77. The molecule has 0 spiro atoms. The molecule has 2 aromatic heterocycles. The van der Waals surface area contributed by atoms with Crippen molar-refractivity contribution in [3.63, 3.8) is 0 Å². The molecule has 1 aliphatic carbocycles. The first-order valence-electron chi connectivity index (χ1n) is 7.77. The highest BCUT2D eigenvalue weighted by molar-refractivity contribution is 5.93. The summed E-state index contributed by atoms with van der Waals surface area (Å²) in [6, 6.07) is 13.7. The molecule has 122 valence electrons. The molecule has 4 N–H and O–H groups in total. The summed E-state index contributed by atoms with van der Waals surface area (Å²) in [4.78, 5) is 15.7. The molecule has 7 heteroatoms. The van der Waals surface area contributed by atoms with Crippen LogP contribution in [0.15, 0.2) is 42.5 Å². The fourth-order valence-electron chi connectivity index (χ4n) is 3.09. The Labute approximate surface area is 138 Å². The van der Waals surface area contributed by atoms with Gasteiger partial charge in [-0.1, -0.05) is 30.3 Å². The van der Waals surface area contributed by atoms with Gasteiger partial charge in [0.15, 0.2) is 11.3 Å². The van der Waals surface area contributed by atoms with Gasteiger partial charge < -0.3 is 16.2 Å². The lowest BCUT2D eigenvalue weighted by Crippen LogP contribution is -2.21. The molecule has 1 aromatic carbocycles. The van der Waals surface area contributed by atoms with E-state index in [1.54, 1.807) is 12.1 Å². The van der Waals surface area contributed by atoms with E-state index >= 15 is 0 Å². The second-order valence-electron chi connectivity index (χ2n) is 6.14. The Morgan fingerprint density at radius 3 is 2.67 bits per heavy atom. The topological polar surface area (TPSA) is 106 Å². The molecule has 0 bridgehead atoms. The van der Waals surface area contributed by atoms with Crippen LogP contribution in [0.4, 0.5) is 11.6 Å². The van der Waals surface area contributed by atoms with E-state index in [4.69, 9.17) is 5.73 Å². The van der Waals surface area contributed by atoms with Crippen LogP contribution in [0, 0.1) is 0 Å². The highest BCUT2D eigenvalue weighted by atomic mass is 16.4. The molecule has 7 nitrogen and oxygen atoms in total. The van der Waals surface area contributed by atoms with E-state index in [1.807, 2.05) is 18.2 Å². The second kappa shape index (κ2) is 5.23. The monoisotopic (exact) mass is 323 g/mol. The number of nitrogens with two attached hydrogens (primary N) is 1. The van der Waals surface area contributed by atoms with Gasteiger partial charge in [0, 0.05) is 12.0 Å². The third kappa shape index (κ3) is 2.34. The number of carbonyl (C=O) groups is 1. The van der Waals surface area contributed by atoms with Crippen LogP contribution in [0.1, 0.15) is 28.9 Å². The molecule has 1 fully saturated rings. The van der Waals surface area contributed by atoms with E-state index in [0.717, 1.165) is 12.8 Å². The summed E-state index contributed by atoms with van der Waals surface area (Å²) in [5, 5.41) is 16.8. The number of carboxylic acids is 1. The van der Waals surface area contributed by atoms with E-state index in [9.17, 15) is 9.90 Å². The van der Waals surface area contributed by atoms with Crippen molar-refractivity contribution < 1.29 is 9.90 Å². The Kier molecular flexibility index (Phi) is 3.16. The van der Waals surface area contributed by atoms with Crippen LogP contribution in [-0.4, -0.2) is 32.2 Å². The van der Waals surface area contributed by atoms with Crippen molar-refractivity contribution in [1.29, 1.82) is 0 Å². The maximum atomic E-state index is 11.7. The van der Waals surface area contributed by atoms with Gasteiger partial charge in [-0.05, 0) is 30.5 Å². The smallest absolute Gasteiger partial charge is 0.356 e. The number of carboxylic acid groups (broad SMARTS) is 1. The number of benzene rings is 1. The van der Waals surface area contributed by atoms with Gasteiger partial charge in [0.25, 0.3) is 0 Å². The highest BCUT2D eigenvalue weighted by Gasteiger charge is 2.44. The molecule has 0 unspecified atom stereocenters. The molecule has 2 heterocycles. The van der Waals surface area contributed by atoms with Crippen molar-refractivity contribution in [1.82, 2.24) is 14.6 Å². The molecule has 1 saturated carbocycles. The van der Waals surface area contributed by atoms with Crippen LogP contribution in [0.5, 0.6) is 0 Å². The highest BCUT2D eigenvalue weighted by Crippen LogP contribution is 2.48. The van der Waals surface area contributed by atoms with Crippen molar-refractivity contribution in [2.24, 2.45) is 0 Å². The lowest BCUT2D eigenvalue weighted by Gasteiger charge is -2.18. The zero-order valence-corrected chi connectivity index (χ0v) is 12.9. The number of nitrogens with one attached hydrogen (secondary N) is 1. The molecule has 0 saturated heterocycles. The molecular weight excluding hydrogens is 306 g/mol. The number of hydrogen-bond donors (Lipinski definition) is 3. The van der Waals surface area contributed by atoms with Crippen molar-refractivity contribution in [3.05, 3.63) is 53.7 Å². The van der Waals surface area contributed by atoms with Gasteiger partial charge in [-0.3, -0.25) is 0 Å². The SMILES string of the molecule is Nc1nc2ccc(NCC3(c4ccccc4)CC3)c(C(=O)O)n2n1. The summed E-state index contributed by atoms with van der Waals surface area (Å²) in [7, 11) is 0. The molecule has 0 amide bonds. The molecular formula is C17H17N5O2. The zero-order chi connectivity index (χ0) is 16.7. The zero-order valence-electron chi connectivity index (χ0n) is 12.9. The Bertz CT molecular complexity index is 915. The summed E-state index contributed by atoms with van der Waals surface area (Å²) in [6.07, 6.45) is 2.18. The molecule has 0 atom stereocenters. The number of aromatic carboxylic acids is 1. The summed E-state index contributed by atoms with van der Waals surface area (Å²) in [5.74, 6) is -1.02. The lowest BCUT2D eigenvalue weighted by atomic mass is 9.96. The maximum absolute atomic E-state index is 11.7. The van der Waals surface area contributed by atoms with E-state index in [2.05, 4.69) is 27.5 Å². The van der Waals surface area contributed by atoms with Crippen LogP contribution in [0.2, 0.25) is 0 Å². The quantitative estimate of drug-likeness (QED) is 0.664. The third-order valence-corrected chi connectivity index (χ3v) is 4.57. The molecule has 0 aliphatic heterocycles. The Balaban J connectivity index is 1.65. The maximum Gasteiger partial charge on any atom is 0.356 e. The predicted molar refractivity (Wildman–Crippen MR) is 90.2 cm³/mol. The van der Waals surface area contributed by atoms with Crippen molar-refractivity contribution in [2.45, 2.75) is 18.3 Å². The van der Waals surface area contributed by atoms with Crippen molar-refractivity contribution >= 4 is 23.3 Å². The lowest BCUT2D eigenvalue weighted by molar-refractivity contribution is 0.0688. The van der Waals surface area contributed by atoms with Gasteiger partial charge in [-0.2, -0.15) is 4.98 Å². The van der Waals surface area contributed by atoms with Crippen molar-refractivity contribution in [3.8, 4) is 0 Å². The average Bonchev–Trinajstić information content (AvgIpc) is 3.27. The van der Waals surface area contributed by atoms with Crippen LogP contribution in [0.25, 0.3) is 5.65 Å². The largest absolute Gasteiger partial charge is 0.476 e. The third-order valence-electron chi connectivity index (χ3n) is 4.57. The number of aromatic nitrogens is 3. The Morgan fingerprint density at radius 1 is 1.25 bits per heavy atom. The minimum absolute atomic E-state index is 0.0422. The van der Waals surface area contributed by atoms with Gasteiger partial charge in [-0.25, -0.2) is 9.31 Å². The summed E-state index contributed by atoms with van der Waals surface area (Å²) >= 11 is 0. The van der Waals surface area contributed by atoms with E-state index in [0.29, 0.717) is 17.9 Å². The number of fused-ring (bicyclic) bond motifs is 1. The average molecular weight is 323 g/mol. The number of anilines is 2. The van der Waals surface area contributed by atoms with Gasteiger partial charge in [0.1, 0.15) is 0 Å². The molecule has 24 heavy (non-hydrogen) atoms. The summed E-state index contributed by atoms with van der Waals surface area (Å²) < 4.78 is 1.27. The van der Waals surface area contributed by atoms with Crippen LogP contribution in [-0.2, 0) is 5.41 Å². The van der Waals surface area contributed by atoms with Crippen LogP contribution in [0.3, 0.4) is 0 Å². The van der Waals surface area contributed by atoms with Crippen LogP contribution < -0.4 is 11.1 Å². The van der Waals surface area contributed by atoms with Crippen LogP contribution >= 0.6 is 0 Å². The molecule has 1 aliphatic rings. The molecule has 0 radical (unpaired) electrons. The number of pyridine rings is 1. The summed E-state index contributed by atoms with van der Waals surface area (Å²) in [5.41, 5.74) is 7.91. The standard InChI is InChI=1S/C17H17N5O2/c18-16-20-13-7-6-12(14(15(23)24)22(13)21-16)19-10-17(8-9-17)11-4-2-1-3-5-11/h1-7,19H,8-10H2,(H2,18,21)(H,23,24). The van der Waals surface area contributed by atoms with Crippen molar-refractivity contribution in [2.75, 3.05) is 17.6 Å². The molecule has 4 rings (SSSR count). The van der Waals surface area contributed by atoms with E-state index < -0.39 is 5.97 Å². The Hall–Kier alpha value is -3.09. The predicted octanol–water partition coefficient (Wildman–Crippen LogP) is 2.15. The number of rotatable bonds is 5. The number of nitrogen functional groups attached to an aromatic ring is 1. The van der Waals surface area contributed by atoms with Gasteiger partial charge >= 0.3 is 5.97 Å². The minimum atomic E-state index is -1.07. The fourth-order valence-corrected chi connectivity index (χ4v) is 3.09.